The molecule has 20 heavy (non-hydrogen) atoms. The first-order valence-electron chi connectivity index (χ1n) is 15.5. The van der Waals surface area contributed by atoms with Crippen molar-refractivity contribution < 1.29 is 37.3 Å². The van der Waals surface area contributed by atoms with Gasteiger partial charge in [-0.1, -0.05) is 31.2 Å². The van der Waals surface area contributed by atoms with E-state index in [2.05, 4.69) is 4.74 Å². The number of rotatable bonds is 5. The van der Waals surface area contributed by atoms with Gasteiger partial charge in [0, 0.05) is 30.2 Å². The minimum atomic E-state index is -4.67. The van der Waals surface area contributed by atoms with E-state index < -0.39 is 92.4 Å². The number of hydrogen-bond acceptors (Lipinski definition) is 3. The second-order valence-corrected chi connectivity index (χ2v) is 4.02. The van der Waals surface area contributed by atoms with Gasteiger partial charge in [0.15, 0.2) is 0 Å². The minimum Gasteiger partial charge on any atom is -0.497 e. The standard InChI is InChI=1S/C17H27NO2/c1-18(2)13-16(17(19)11-5-4-6-12-17)14-7-9-15(20-3)10-8-14/h7-10,16,19H,4-6,11-13H2,1-3H3/i3D3,4D2,5D2,6D2,7D,8D,9D,10D,11D2,12D2,13D2,16D. The second-order valence-electron chi connectivity index (χ2n) is 4.02. The Bertz CT molecular complexity index is 1130. The van der Waals surface area contributed by atoms with Crippen LogP contribution in [0.15, 0.2) is 24.2 Å². The lowest BCUT2D eigenvalue weighted by Crippen LogP contribution is -2.42. The van der Waals surface area contributed by atoms with E-state index in [1.807, 2.05) is 0 Å². The quantitative estimate of drug-likeness (QED) is 0.907. The molecular formula is C17H27NO2. The third kappa shape index (κ3) is 3.53. The lowest BCUT2D eigenvalue weighted by atomic mass is 9.72. The van der Waals surface area contributed by atoms with Gasteiger partial charge in [-0.25, -0.2) is 0 Å². The zero-order valence-corrected chi connectivity index (χ0v) is 10.8. The third-order valence-corrected chi connectivity index (χ3v) is 2.26. The van der Waals surface area contributed by atoms with E-state index in [0.717, 1.165) is 14.1 Å². The van der Waals surface area contributed by atoms with Crippen molar-refractivity contribution in [3.63, 3.8) is 0 Å². The van der Waals surface area contributed by atoms with Crippen LogP contribution in [0.2, 0.25) is 0 Å². The summed E-state index contributed by atoms with van der Waals surface area (Å²) >= 11 is 0. The van der Waals surface area contributed by atoms with Crippen molar-refractivity contribution in [2.75, 3.05) is 27.6 Å². The molecule has 1 N–H and O–H groups in total. The van der Waals surface area contributed by atoms with Gasteiger partial charge in [0.2, 0.25) is 0 Å². The van der Waals surface area contributed by atoms with Crippen LogP contribution in [0.25, 0.3) is 0 Å². The summed E-state index contributed by atoms with van der Waals surface area (Å²) in [5.74, 6) is -5.47. The zero-order valence-electron chi connectivity index (χ0n) is 30.8. The van der Waals surface area contributed by atoms with Gasteiger partial charge < -0.3 is 14.7 Å². The number of benzene rings is 1. The molecule has 112 valence electrons. The molecule has 3 heteroatoms. The van der Waals surface area contributed by atoms with Crippen LogP contribution in [0, 0.1) is 0 Å². The van der Waals surface area contributed by atoms with Crippen molar-refractivity contribution >= 4 is 0 Å². The molecule has 0 radical (unpaired) electrons. The molecule has 0 bridgehead atoms. The SMILES string of the molecule is [2H]c1c([2H])c(C([2H])(C([2H])([2H])N(C)C)C2(O)C([2H])([2H])C([2H])([2H])C([2H])([2H])C([2H])([2H])C2([2H])[2H])c([2H])c([2H])c1OC([2H])([2H])[2H]. The summed E-state index contributed by atoms with van der Waals surface area (Å²) < 4.78 is 168. The largest absolute Gasteiger partial charge is 0.497 e. The lowest BCUT2D eigenvalue weighted by molar-refractivity contribution is -0.0277. The van der Waals surface area contributed by atoms with Gasteiger partial charge in [0.1, 0.15) is 5.75 Å². The topological polar surface area (TPSA) is 32.7 Å². The van der Waals surface area contributed by atoms with Crippen molar-refractivity contribution in [3.8, 4) is 5.75 Å². The van der Waals surface area contributed by atoms with Crippen LogP contribution in [0.3, 0.4) is 0 Å². The van der Waals surface area contributed by atoms with Crippen LogP contribution in [-0.2, 0) is 0 Å². The Morgan fingerprint density at radius 1 is 1.45 bits per heavy atom. The summed E-state index contributed by atoms with van der Waals surface area (Å²) in [6.07, 6.45) is -21.4. The summed E-state index contributed by atoms with van der Waals surface area (Å²) in [7, 11) is -1.58. The zero-order chi connectivity index (χ0) is 32.2. The Morgan fingerprint density at radius 2 is 2.10 bits per heavy atom. The fourth-order valence-corrected chi connectivity index (χ4v) is 1.45. The Labute approximate surface area is 150 Å². The number of aliphatic hydroxyl groups is 1. The van der Waals surface area contributed by atoms with Gasteiger partial charge in [-0.15, -0.1) is 0 Å². The fourth-order valence-electron chi connectivity index (χ4n) is 1.45. The lowest BCUT2D eigenvalue weighted by Gasteiger charge is -2.40. The summed E-state index contributed by atoms with van der Waals surface area (Å²) in [4.78, 5) is 0.428. The molecule has 1 fully saturated rings. The minimum absolute atomic E-state index is 0.428. The average Bonchev–Trinajstić information content (AvgIpc) is 2.77. The summed E-state index contributed by atoms with van der Waals surface area (Å²) in [6.45, 7) is -3.70. The molecular weight excluding hydrogens is 250 g/mol. The normalized spacial score (nSPS) is 50.0. The molecule has 3 nitrogen and oxygen atoms in total. The molecule has 1 aliphatic rings. The van der Waals surface area contributed by atoms with Crippen LogP contribution < -0.4 is 4.74 Å². The van der Waals surface area contributed by atoms with E-state index in [1.54, 1.807) is 0 Å². The Kier molecular flexibility index (Phi) is 1.26. The van der Waals surface area contributed by atoms with Crippen LogP contribution >= 0.6 is 0 Å². The molecule has 0 heterocycles. The van der Waals surface area contributed by atoms with E-state index in [4.69, 9.17) is 26.0 Å². The molecule has 1 aromatic carbocycles. The van der Waals surface area contributed by atoms with Crippen molar-refractivity contribution in [1.82, 2.24) is 4.90 Å². The Morgan fingerprint density at radius 3 is 2.65 bits per heavy atom. The predicted octanol–water partition coefficient (Wildman–Crippen LogP) is 3.04. The molecule has 0 saturated heterocycles. The van der Waals surface area contributed by atoms with E-state index in [9.17, 15) is 6.48 Å². The Hall–Kier alpha value is -1.06. The highest BCUT2D eigenvalue weighted by molar-refractivity contribution is 5.31. The number of methoxy groups -OCH3 is 1. The van der Waals surface area contributed by atoms with Crippen molar-refractivity contribution in [1.29, 1.82) is 0 Å². The molecule has 1 atom stereocenters. The van der Waals surface area contributed by atoms with Crippen molar-refractivity contribution in [2.45, 2.75) is 43.4 Å². The molecule has 1 unspecified atom stereocenters. The molecule has 0 aromatic heterocycles. The maximum absolute atomic E-state index is 12.0. The molecule has 1 saturated carbocycles. The van der Waals surface area contributed by atoms with Crippen LogP contribution in [-0.4, -0.2) is 43.2 Å². The number of hydrogen-bond donors (Lipinski definition) is 1. The van der Waals surface area contributed by atoms with Crippen molar-refractivity contribution in [2.24, 2.45) is 0 Å². The van der Waals surface area contributed by atoms with Gasteiger partial charge >= 0.3 is 0 Å². The predicted molar refractivity (Wildman–Crippen MR) is 82.3 cm³/mol. The highest BCUT2D eigenvalue weighted by atomic mass is 16.5. The number of ether oxygens (including phenoxy) is 1. The maximum atomic E-state index is 12.0. The first-order chi connectivity index (χ1) is 17.3. The molecule has 0 aliphatic heterocycles. The first kappa shape index (κ1) is 3.82. The van der Waals surface area contributed by atoms with Gasteiger partial charge in [-0.3, -0.25) is 0 Å². The summed E-state index contributed by atoms with van der Waals surface area (Å²) in [6, 6.07) is -5.79. The van der Waals surface area contributed by atoms with E-state index in [-0.39, 0.29) is 0 Å². The number of nitrogens with zero attached hydrogens (tertiary/aromatic N) is 1. The molecule has 1 aromatic rings. The molecule has 2 rings (SSSR count). The summed E-state index contributed by atoms with van der Waals surface area (Å²) in [5, 5.41) is 12.0. The molecule has 0 amide bonds. The molecule has 1 aliphatic carbocycles. The van der Waals surface area contributed by atoms with Crippen LogP contribution in [0.1, 0.15) is 70.7 Å². The average molecular weight is 298 g/mol. The smallest absolute Gasteiger partial charge is 0.118 e. The van der Waals surface area contributed by atoms with E-state index in [1.165, 1.54) is 0 Å². The van der Waals surface area contributed by atoms with Crippen LogP contribution in [0.4, 0.5) is 0 Å². The Balaban J connectivity index is 3.35. The van der Waals surface area contributed by atoms with Gasteiger partial charge in [-0.05, 0) is 44.5 Å². The maximum Gasteiger partial charge on any atom is 0.118 e. The first-order valence-corrected chi connectivity index (χ1v) is 5.50. The second kappa shape index (κ2) is 6.59. The summed E-state index contributed by atoms with van der Waals surface area (Å²) in [5.41, 5.74) is -6.28. The fraction of sp³-hybridized carbons (Fsp3) is 0.647. The van der Waals surface area contributed by atoms with E-state index in [0.29, 0.717) is 4.90 Å². The number of likely N-dealkylation sites (N-methyl/N-ethyl adjacent to an activating group) is 1. The van der Waals surface area contributed by atoms with Crippen LogP contribution in [0.5, 0.6) is 5.75 Å². The molecule has 0 spiro atoms. The van der Waals surface area contributed by atoms with Gasteiger partial charge in [-0.2, -0.15) is 0 Å². The van der Waals surface area contributed by atoms with Crippen molar-refractivity contribution in [3.05, 3.63) is 29.7 Å². The van der Waals surface area contributed by atoms with Gasteiger partial charge in [0.25, 0.3) is 0 Å². The third-order valence-electron chi connectivity index (χ3n) is 2.26. The highest BCUT2D eigenvalue weighted by Gasteiger charge is 2.38. The van der Waals surface area contributed by atoms with E-state index >= 15 is 0 Å². The monoisotopic (exact) mass is 297 g/mol. The highest BCUT2D eigenvalue weighted by Crippen LogP contribution is 2.40. The van der Waals surface area contributed by atoms with Gasteiger partial charge in [0.05, 0.1) is 22.2 Å².